The molecule has 1 saturated carbocycles. The Morgan fingerprint density at radius 1 is 0.941 bits per heavy atom. The summed E-state index contributed by atoms with van der Waals surface area (Å²) in [4.78, 5) is 25.3. The molecule has 1 aliphatic heterocycles. The van der Waals surface area contributed by atoms with Gasteiger partial charge < -0.3 is 9.15 Å². The molecular weight excluding hydrogens is 424 g/mol. The van der Waals surface area contributed by atoms with Crippen LogP contribution in [0.5, 0.6) is 0 Å². The monoisotopic (exact) mass is 456 g/mol. The maximum absolute atomic E-state index is 12.9. The van der Waals surface area contributed by atoms with Gasteiger partial charge in [0.05, 0.1) is 12.2 Å². The van der Waals surface area contributed by atoms with Gasteiger partial charge in [0.15, 0.2) is 11.6 Å². The predicted molar refractivity (Wildman–Crippen MR) is 128 cm³/mol. The van der Waals surface area contributed by atoms with Crippen LogP contribution in [-0.2, 0) is 14.3 Å². The number of ketones is 2. The number of hydrogen-bond donors (Lipinski definition) is 0. The summed E-state index contributed by atoms with van der Waals surface area (Å²) in [6, 6.07) is 0. The summed E-state index contributed by atoms with van der Waals surface area (Å²) in [5.74, 6) is 2.87. The molecule has 2 fully saturated rings. The zero-order chi connectivity index (χ0) is 23.9. The third-order valence-electron chi connectivity index (χ3n) is 10.8. The second-order valence-electron chi connectivity index (χ2n) is 12.4. The Hall–Kier alpha value is -2.62. The summed E-state index contributed by atoms with van der Waals surface area (Å²) in [5, 5.41) is 0. The molecule has 8 atom stereocenters. The van der Waals surface area contributed by atoms with Gasteiger partial charge in [-0.1, -0.05) is 40.7 Å². The number of allylic oxidation sites excluding steroid dienone is 7. The lowest BCUT2D eigenvalue weighted by Gasteiger charge is -2.62. The minimum absolute atomic E-state index is 0.0327. The molecular formula is C30H32O4. The third kappa shape index (κ3) is 2.05. The highest BCUT2D eigenvalue weighted by Gasteiger charge is 2.73. The van der Waals surface area contributed by atoms with Crippen LogP contribution in [0, 0.1) is 35.0 Å². The minimum atomic E-state index is -0.327. The molecule has 34 heavy (non-hydrogen) atoms. The van der Waals surface area contributed by atoms with Gasteiger partial charge >= 0.3 is 0 Å². The first-order valence-corrected chi connectivity index (χ1v) is 12.7. The molecule has 1 aromatic heterocycles. The fraction of sp³-hybridized carbons (Fsp3) is 0.533. The summed E-state index contributed by atoms with van der Waals surface area (Å²) in [5.41, 5.74) is 5.29. The molecule has 6 aliphatic carbocycles. The van der Waals surface area contributed by atoms with Crippen LogP contribution in [0.1, 0.15) is 76.2 Å². The van der Waals surface area contributed by atoms with Gasteiger partial charge in [-0.05, 0) is 53.7 Å². The van der Waals surface area contributed by atoms with Crippen LogP contribution in [0.2, 0.25) is 0 Å². The van der Waals surface area contributed by atoms with E-state index in [-0.39, 0.29) is 57.6 Å². The molecule has 8 unspecified atom stereocenters. The quantitative estimate of drug-likeness (QED) is 0.474. The largest absolute Gasteiger partial charge is 0.488 e. The van der Waals surface area contributed by atoms with Crippen LogP contribution >= 0.6 is 0 Å². The predicted octanol–water partition coefficient (Wildman–Crippen LogP) is 6.09. The van der Waals surface area contributed by atoms with E-state index in [2.05, 4.69) is 53.7 Å². The first-order valence-electron chi connectivity index (χ1n) is 12.7. The van der Waals surface area contributed by atoms with Crippen molar-refractivity contribution in [3.05, 3.63) is 69.9 Å². The molecule has 0 spiro atoms. The zero-order valence-electron chi connectivity index (χ0n) is 20.8. The van der Waals surface area contributed by atoms with Crippen molar-refractivity contribution in [1.82, 2.24) is 0 Å². The molecule has 0 N–H and O–H groups in total. The van der Waals surface area contributed by atoms with Crippen molar-refractivity contribution in [2.75, 3.05) is 0 Å². The Morgan fingerprint density at radius 2 is 1.65 bits per heavy atom. The first kappa shape index (κ1) is 20.7. The highest BCUT2D eigenvalue weighted by atomic mass is 16.5. The topological polar surface area (TPSA) is 56.5 Å². The molecule has 1 aromatic rings. The maximum Gasteiger partial charge on any atom is 0.156 e. The number of ether oxygens (including phenoxy) is 1. The van der Waals surface area contributed by atoms with Crippen molar-refractivity contribution in [3.8, 4) is 0 Å². The Kier molecular flexibility index (Phi) is 3.63. The van der Waals surface area contributed by atoms with E-state index in [0.29, 0.717) is 12.8 Å². The lowest BCUT2D eigenvalue weighted by molar-refractivity contribution is -0.120. The minimum Gasteiger partial charge on any atom is -0.488 e. The van der Waals surface area contributed by atoms with Gasteiger partial charge in [-0.15, -0.1) is 0 Å². The highest BCUT2D eigenvalue weighted by molar-refractivity contribution is 5.94. The van der Waals surface area contributed by atoms with Crippen molar-refractivity contribution >= 4 is 11.6 Å². The normalized spacial score (nSPS) is 45.6. The SMILES string of the molecule is Cc1coc2c1C1C3OC4=CC5=CC(=O)CC(C)C5(C)C=C4C3(C)C2C2=CC(=O)CC(C)C21C. The van der Waals surface area contributed by atoms with Crippen LogP contribution < -0.4 is 0 Å². The number of hydrogen-bond acceptors (Lipinski definition) is 4. The summed E-state index contributed by atoms with van der Waals surface area (Å²) in [6.45, 7) is 13.5. The zero-order valence-corrected chi connectivity index (χ0v) is 20.8. The van der Waals surface area contributed by atoms with E-state index in [1.807, 2.05) is 18.4 Å². The van der Waals surface area contributed by atoms with E-state index in [9.17, 15) is 9.59 Å². The fourth-order valence-corrected chi connectivity index (χ4v) is 8.53. The number of fused-ring (bicyclic) bond motifs is 2. The van der Waals surface area contributed by atoms with Gasteiger partial charge in [-0.25, -0.2) is 0 Å². The molecule has 2 heterocycles. The molecule has 8 rings (SSSR count). The van der Waals surface area contributed by atoms with Crippen LogP contribution in [0.15, 0.2) is 57.5 Å². The smallest absolute Gasteiger partial charge is 0.156 e. The van der Waals surface area contributed by atoms with E-state index in [0.717, 1.165) is 17.1 Å². The number of carbonyl (C=O) groups excluding carboxylic acids is 2. The molecule has 7 aliphatic rings. The van der Waals surface area contributed by atoms with Crippen LogP contribution in [-0.4, -0.2) is 17.7 Å². The van der Waals surface area contributed by atoms with Crippen LogP contribution in [0.4, 0.5) is 0 Å². The first-order chi connectivity index (χ1) is 16.0. The third-order valence-corrected chi connectivity index (χ3v) is 10.8. The summed E-state index contributed by atoms with van der Waals surface area (Å²) in [7, 11) is 0. The Labute approximate surface area is 200 Å². The number of furan rings is 1. The Bertz CT molecular complexity index is 1330. The molecule has 4 heteroatoms. The van der Waals surface area contributed by atoms with Gasteiger partial charge in [0, 0.05) is 46.1 Å². The van der Waals surface area contributed by atoms with Gasteiger partial charge in [0.2, 0.25) is 0 Å². The molecule has 1 saturated heterocycles. The highest BCUT2D eigenvalue weighted by Crippen LogP contribution is 2.77. The number of aryl methyl sites for hydroxylation is 1. The van der Waals surface area contributed by atoms with Crippen molar-refractivity contribution < 1.29 is 18.7 Å². The van der Waals surface area contributed by atoms with Crippen molar-refractivity contribution in [2.45, 2.75) is 72.3 Å². The average Bonchev–Trinajstić information content (AvgIpc) is 3.27. The van der Waals surface area contributed by atoms with Crippen LogP contribution in [0.25, 0.3) is 0 Å². The second-order valence-corrected chi connectivity index (χ2v) is 12.4. The number of rotatable bonds is 0. The lowest BCUT2D eigenvalue weighted by Crippen LogP contribution is -2.59. The molecule has 4 nitrogen and oxygen atoms in total. The van der Waals surface area contributed by atoms with Crippen LogP contribution in [0.3, 0.4) is 0 Å². The van der Waals surface area contributed by atoms with E-state index in [4.69, 9.17) is 9.15 Å². The van der Waals surface area contributed by atoms with Gasteiger partial charge in [0.1, 0.15) is 17.6 Å². The fourth-order valence-electron chi connectivity index (χ4n) is 8.53. The van der Waals surface area contributed by atoms with Crippen molar-refractivity contribution in [1.29, 1.82) is 0 Å². The van der Waals surface area contributed by atoms with E-state index >= 15 is 0 Å². The maximum atomic E-state index is 12.9. The van der Waals surface area contributed by atoms with E-state index < -0.39 is 0 Å². The van der Waals surface area contributed by atoms with Gasteiger partial charge in [0.25, 0.3) is 0 Å². The summed E-state index contributed by atoms with van der Waals surface area (Å²) >= 11 is 0. The summed E-state index contributed by atoms with van der Waals surface area (Å²) < 4.78 is 13.2. The van der Waals surface area contributed by atoms with E-state index in [1.165, 1.54) is 22.3 Å². The number of carbonyl (C=O) groups is 2. The van der Waals surface area contributed by atoms with Gasteiger partial charge in [-0.2, -0.15) is 0 Å². The molecule has 2 bridgehead atoms. The van der Waals surface area contributed by atoms with Crippen molar-refractivity contribution in [3.63, 3.8) is 0 Å². The van der Waals surface area contributed by atoms with Crippen molar-refractivity contribution in [2.24, 2.45) is 28.1 Å². The molecule has 176 valence electrons. The lowest BCUT2D eigenvalue weighted by atomic mass is 9.39. The van der Waals surface area contributed by atoms with Gasteiger partial charge in [-0.3, -0.25) is 9.59 Å². The standard InChI is InChI=1S/C30H32O4/c1-14-13-33-26-23(14)25-27-30(6,24(26)20-11-19(32)8-16(3)29(20,25)5)21-12-28(4)15(2)7-18(31)9-17(28)10-22(21)34-27/h9-13,15-16,24-25,27H,7-8H2,1-6H3. The summed E-state index contributed by atoms with van der Waals surface area (Å²) in [6.07, 6.45) is 11.3. The average molecular weight is 457 g/mol. The van der Waals surface area contributed by atoms with E-state index in [1.54, 1.807) is 0 Å². The Balaban J connectivity index is 1.52. The molecule has 0 aromatic carbocycles. The second kappa shape index (κ2) is 5.95. The molecule has 0 radical (unpaired) electrons. The molecule has 0 amide bonds. The Morgan fingerprint density at radius 3 is 2.41 bits per heavy atom.